The molecule has 0 atom stereocenters. The number of aryl methyl sites for hydroxylation is 1. The number of benzene rings is 1. The fraction of sp³-hybridized carbons (Fsp3) is 0.294. The maximum absolute atomic E-state index is 12.4. The standard InChI is InChI=1S/C17H19N3O4/c1-9-12(14(22)20-16(18-9)17(2,3)4)13(21)19-11-7-5-6-10(8-11)15(23)24/h5-8H,1-4H3,(H,19,21)(H,23,24)(H,18,20,22). The van der Waals surface area contributed by atoms with Crippen LogP contribution in [0.4, 0.5) is 5.69 Å². The lowest BCUT2D eigenvalue weighted by Gasteiger charge is -2.18. The van der Waals surface area contributed by atoms with Crippen molar-refractivity contribution in [2.24, 2.45) is 0 Å². The number of carbonyl (C=O) groups is 2. The number of aromatic amines is 1. The lowest BCUT2D eigenvalue weighted by atomic mass is 9.95. The minimum absolute atomic E-state index is 0.0413. The summed E-state index contributed by atoms with van der Waals surface area (Å²) in [5.41, 5.74) is -0.328. The van der Waals surface area contributed by atoms with Gasteiger partial charge in [-0.1, -0.05) is 26.8 Å². The largest absolute Gasteiger partial charge is 0.478 e. The molecule has 0 spiro atoms. The van der Waals surface area contributed by atoms with Crippen LogP contribution in [0, 0.1) is 6.92 Å². The lowest BCUT2D eigenvalue weighted by Crippen LogP contribution is -2.30. The third kappa shape index (κ3) is 3.68. The van der Waals surface area contributed by atoms with E-state index >= 15 is 0 Å². The van der Waals surface area contributed by atoms with Gasteiger partial charge in [-0.2, -0.15) is 0 Å². The first-order valence-electron chi connectivity index (χ1n) is 7.35. The van der Waals surface area contributed by atoms with Gasteiger partial charge in [-0.15, -0.1) is 0 Å². The summed E-state index contributed by atoms with van der Waals surface area (Å²) in [6, 6.07) is 5.79. The van der Waals surface area contributed by atoms with Crippen LogP contribution < -0.4 is 10.9 Å². The number of rotatable bonds is 3. The molecule has 0 radical (unpaired) electrons. The molecule has 0 bridgehead atoms. The topological polar surface area (TPSA) is 112 Å². The van der Waals surface area contributed by atoms with Crippen molar-refractivity contribution in [3.8, 4) is 0 Å². The number of hydrogen-bond acceptors (Lipinski definition) is 4. The zero-order valence-electron chi connectivity index (χ0n) is 13.9. The summed E-state index contributed by atoms with van der Waals surface area (Å²) in [4.78, 5) is 42.5. The van der Waals surface area contributed by atoms with Gasteiger partial charge in [-0.3, -0.25) is 9.59 Å². The number of carboxylic acid groups (broad SMARTS) is 1. The number of carboxylic acids is 1. The molecule has 0 aliphatic rings. The molecule has 0 saturated heterocycles. The molecule has 0 saturated carbocycles. The molecule has 0 unspecified atom stereocenters. The van der Waals surface area contributed by atoms with E-state index in [0.29, 0.717) is 17.2 Å². The van der Waals surface area contributed by atoms with E-state index in [4.69, 9.17) is 5.11 Å². The molecule has 1 heterocycles. The summed E-state index contributed by atoms with van der Waals surface area (Å²) in [5, 5.41) is 11.5. The number of nitrogens with one attached hydrogen (secondary N) is 2. The van der Waals surface area contributed by atoms with E-state index in [1.165, 1.54) is 18.2 Å². The van der Waals surface area contributed by atoms with Crippen LogP contribution in [-0.2, 0) is 5.41 Å². The predicted octanol–water partition coefficient (Wildman–Crippen LogP) is 2.33. The zero-order valence-corrected chi connectivity index (χ0v) is 13.9. The van der Waals surface area contributed by atoms with Crippen LogP contribution in [0.3, 0.4) is 0 Å². The van der Waals surface area contributed by atoms with Crippen LogP contribution in [0.1, 0.15) is 53.0 Å². The number of aromatic nitrogens is 2. The molecule has 2 rings (SSSR count). The molecular weight excluding hydrogens is 310 g/mol. The molecule has 1 aromatic heterocycles. The molecular formula is C17H19N3O4. The van der Waals surface area contributed by atoms with Gasteiger partial charge in [0, 0.05) is 11.1 Å². The molecule has 24 heavy (non-hydrogen) atoms. The van der Waals surface area contributed by atoms with Crippen molar-refractivity contribution in [2.45, 2.75) is 33.1 Å². The van der Waals surface area contributed by atoms with Gasteiger partial charge in [0.2, 0.25) is 0 Å². The lowest BCUT2D eigenvalue weighted by molar-refractivity contribution is 0.0696. The molecule has 0 fully saturated rings. The predicted molar refractivity (Wildman–Crippen MR) is 89.6 cm³/mol. The van der Waals surface area contributed by atoms with Crippen molar-refractivity contribution >= 4 is 17.6 Å². The van der Waals surface area contributed by atoms with Gasteiger partial charge in [0.1, 0.15) is 11.4 Å². The van der Waals surface area contributed by atoms with E-state index in [9.17, 15) is 14.4 Å². The number of nitrogens with zero attached hydrogens (tertiary/aromatic N) is 1. The van der Waals surface area contributed by atoms with Gasteiger partial charge in [0.15, 0.2) is 0 Å². The first-order valence-corrected chi connectivity index (χ1v) is 7.35. The van der Waals surface area contributed by atoms with Gasteiger partial charge in [-0.05, 0) is 25.1 Å². The van der Waals surface area contributed by atoms with Crippen LogP contribution in [0.2, 0.25) is 0 Å². The maximum atomic E-state index is 12.4. The monoisotopic (exact) mass is 329 g/mol. The number of hydrogen-bond donors (Lipinski definition) is 3. The molecule has 2 aromatic rings. The number of carbonyl (C=O) groups excluding carboxylic acids is 1. The third-order valence-corrected chi connectivity index (χ3v) is 3.41. The van der Waals surface area contributed by atoms with Crippen molar-refractivity contribution in [1.82, 2.24) is 9.97 Å². The molecule has 0 aliphatic heterocycles. The third-order valence-electron chi connectivity index (χ3n) is 3.41. The highest BCUT2D eigenvalue weighted by molar-refractivity contribution is 6.05. The second kappa shape index (κ2) is 6.27. The van der Waals surface area contributed by atoms with E-state index < -0.39 is 17.4 Å². The minimum Gasteiger partial charge on any atom is -0.478 e. The number of anilines is 1. The molecule has 0 aliphatic carbocycles. The van der Waals surface area contributed by atoms with Crippen LogP contribution in [0.15, 0.2) is 29.1 Å². The van der Waals surface area contributed by atoms with Crippen LogP contribution in [0.5, 0.6) is 0 Å². The highest BCUT2D eigenvalue weighted by Gasteiger charge is 2.22. The van der Waals surface area contributed by atoms with Crippen molar-refractivity contribution in [3.05, 3.63) is 57.3 Å². The maximum Gasteiger partial charge on any atom is 0.335 e. The number of H-pyrrole nitrogens is 1. The van der Waals surface area contributed by atoms with E-state index in [0.717, 1.165) is 0 Å². The normalized spacial score (nSPS) is 11.2. The van der Waals surface area contributed by atoms with Gasteiger partial charge < -0.3 is 15.4 Å². The second-order valence-corrected chi connectivity index (χ2v) is 6.47. The molecule has 1 amide bonds. The summed E-state index contributed by atoms with van der Waals surface area (Å²) in [5.74, 6) is -1.24. The second-order valence-electron chi connectivity index (χ2n) is 6.47. The SMILES string of the molecule is Cc1nc(C(C)(C)C)[nH]c(=O)c1C(=O)Nc1cccc(C(=O)O)c1. The Labute approximate surface area is 138 Å². The van der Waals surface area contributed by atoms with Crippen molar-refractivity contribution in [3.63, 3.8) is 0 Å². The molecule has 126 valence electrons. The van der Waals surface area contributed by atoms with Crippen LogP contribution >= 0.6 is 0 Å². The summed E-state index contributed by atoms with van der Waals surface area (Å²) in [6.45, 7) is 7.30. The summed E-state index contributed by atoms with van der Waals surface area (Å²) >= 11 is 0. The average Bonchev–Trinajstić information content (AvgIpc) is 2.45. The van der Waals surface area contributed by atoms with E-state index in [-0.39, 0.29) is 16.5 Å². The summed E-state index contributed by atoms with van der Waals surface area (Å²) < 4.78 is 0. The van der Waals surface area contributed by atoms with E-state index in [2.05, 4.69) is 15.3 Å². The fourth-order valence-electron chi connectivity index (χ4n) is 2.13. The zero-order chi connectivity index (χ0) is 18.1. The Bertz CT molecular complexity index is 863. The van der Waals surface area contributed by atoms with E-state index in [1.807, 2.05) is 20.8 Å². The van der Waals surface area contributed by atoms with Crippen LogP contribution in [0.25, 0.3) is 0 Å². The Balaban J connectivity index is 2.36. The first-order chi connectivity index (χ1) is 11.1. The fourth-order valence-corrected chi connectivity index (χ4v) is 2.13. The molecule has 3 N–H and O–H groups in total. The average molecular weight is 329 g/mol. The Morgan fingerprint density at radius 1 is 1.25 bits per heavy atom. The highest BCUT2D eigenvalue weighted by Crippen LogP contribution is 2.18. The minimum atomic E-state index is -1.10. The van der Waals surface area contributed by atoms with Crippen molar-refractivity contribution < 1.29 is 14.7 Å². The Morgan fingerprint density at radius 3 is 2.46 bits per heavy atom. The quantitative estimate of drug-likeness (QED) is 0.800. The highest BCUT2D eigenvalue weighted by atomic mass is 16.4. The first kappa shape index (κ1) is 17.4. The number of aromatic carboxylic acids is 1. The molecule has 1 aromatic carbocycles. The van der Waals surface area contributed by atoms with E-state index in [1.54, 1.807) is 13.0 Å². The summed E-state index contributed by atoms with van der Waals surface area (Å²) in [6.07, 6.45) is 0. The van der Waals surface area contributed by atoms with Crippen molar-refractivity contribution in [2.75, 3.05) is 5.32 Å². The molecule has 7 nitrogen and oxygen atoms in total. The number of amides is 1. The Hall–Kier alpha value is -2.96. The molecule has 7 heteroatoms. The Kier molecular flexibility index (Phi) is 4.54. The van der Waals surface area contributed by atoms with Crippen molar-refractivity contribution in [1.29, 1.82) is 0 Å². The smallest absolute Gasteiger partial charge is 0.335 e. The van der Waals surface area contributed by atoms with Crippen LogP contribution in [-0.4, -0.2) is 27.0 Å². The van der Waals surface area contributed by atoms with Gasteiger partial charge in [0.25, 0.3) is 11.5 Å². The van der Waals surface area contributed by atoms with Gasteiger partial charge in [0.05, 0.1) is 11.3 Å². The summed E-state index contributed by atoms with van der Waals surface area (Å²) in [7, 11) is 0. The van der Waals surface area contributed by atoms with Gasteiger partial charge in [-0.25, -0.2) is 9.78 Å². The Morgan fingerprint density at radius 2 is 1.92 bits per heavy atom. The van der Waals surface area contributed by atoms with Gasteiger partial charge >= 0.3 is 5.97 Å².